The number of nitrogens with zero attached hydrogens (tertiary/aromatic N) is 5. The van der Waals surface area contributed by atoms with Gasteiger partial charge < -0.3 is 20.1 Å². The third kappa shape index (κ3) is 4.20. The Morgan fingerprint density at radius 3 is 2.67 bits per heavy atom. The molecule has 33 heavy (non-hydrogen) atoms. The van der Waals surface area contributed by atoms with Gasteiger partial charge in [0.2, 0.25) is 5.88 Å². The van der Waals surface area contributed by atoms with Crippen molar-refractivity contribution in [2.75, 3.05) is 19.1 Å². The number of piperidine rings is 2. The van der Waals surface area contributed by atoms with E-state index in [0.717, 1.165) is 31.2 Å². The van der Waals surface area contributed by atoms with E-state index in [0.29, 0.717) is 34.7 Å². The van der Waals surface area contributed by atoms with E-state index in [1.54, 1.807) is 24.4 Å². The molecule has 4 heterocycles. The molecule has 172 valence electrons. The van der Waals surface area contributed by atoms with Crippen molar-refractivity contribution < 1.29 is 14.2 Å². The molecule has 4 atom stereocenters. The summed E-state index contributed by atoms with van der Waals surface area (Å²) in [7, 11) is 3.41. The number of aromatic nitrogens is 4. The molecule has 1 aromatic carbocycles. The summed E-state index contributed by atoms with van der Waals surface area (Å²) in [6.07, 6.45) is 5.99. The van der Waals surface area contributed by atoms with Crippen molar-refractivity contribution in [3.05, 3.63) is 42.7 Å². The summed E-state index contributed by atoms with van der Waals surface area (Å²) < 4.78 is 20.1. The van der Waals surface area contributed by atoms with Gasteiger partial charge in [-0.3, -0.25) is 0 Å². The highest BCUT2D eigenvalue weighted by Crippen LogP contribution is 2.34. The number of methoxy groups -OCH3 is 1. The van der Waals surface area contributed by atoms with E-state index < -0.39 is 6.17 Å². The van der Waals surface area contributed by atoms with E-state index in [-0.39, 0.29) is 17.8 Å². The van der Waals surface area contributed by atoms with E-state index in [9.17, 15) is 5.11 Å². The summed E-state index contributed by atoms with van der Waals surface area (Å²) >= 11 is 0. The van der Waals surface area contributed by atoms with Crippen molar-refractivity contribution >= 4 is 5.82 Å². The summed E-state index contributed by atoms with van der Waals surface area (Å²) in [5.74, 6) is 1.11. The van der Waals surface area contributed by atoms with Crippen LogP contribution in [-0.2, 0) is 0 Å². The molecule has 2 N–H and O–H groups in total. The normalized spacial score (nSPS) is 24.3. The fraction of sp³-hybridized carbons (Fsp3) is 0.417. The number of fused-ring (bicyclic) bond motifs is 2. The molecule has 8 nitrogen and oxygen atoms in total. The zero-order chi connectivity index (χ0) is 22.9. The number of halogens is 1. The lowest BCUT2D eigenvalue weighted by Crippen LogP contribution is -2.61. The standard InChI is InChI=1S/C24H27FN6O2/c1-31(20-11-15-4-3-5-18(28-15)24(20)25)22-9-8-17(29-30-22)16-7-6-14(10-21(16)32)19-12-27-23(33-2)13-26-19/h6-10,12-13,15,18,20,24,28,32H,3-5,11H2,1-2H3/t15?,18?,20-,24+/m1/s1. The summed E-state index contributed by atoms with van der Waals surface area (Å²) in [6, 6.07) is 8.93. The van der Waals surface area contributed by atoms with Crippen LogP contribution in [0, 0.1) is 0 Å². The Morgan fingerprint density at radius 1 is 1.09 bits per heavy atom. The molecule has 2 unspecified atom stereocenters. The van der Waals surface area contributed by atoms with Crippen LogP contribution in [0.4, 0.5) is 10.2 Å². The molecule has 0 radical (unpaired) electrons. The highest BCUT2D eigenvalue weighted by atomic mass is 19.1. The van der Waals surface area contributed by atoms with Crippen LogP contribution in [0.3, 0.4) is 0 Å². The molecule has 2 saturated heterocycles. The molecule has 2 aromatic heterocycles. The number of ether oxygens (including phenoxy) is 1. The number of anilines is 1. The smallest absolute Gasteiger partial charge is 0.232 e. The largest absolute Gasteiger partial charge is 0.507 e. The number of nitrogens with one attached hydrogen (secondary N) is 1. The molecule has 2 aliphatic rings. The maximum atomic E-state index is 15.1. The third-order valence-corrected chi connectivity index (χ3v) is 6.71. The van der Waals surface area contributed by atoms with Crippen LogP contribution in [0.5, 0.6) is 11.6 Å². The van der Waals surface area contributed by atoms with E-state index in [1.165, 1.54) is 13.3 Å². The van der Waals surface area contributed by atoms with Crippen molar-refractivity contribution in [3.8, 4) is 34.1 Å². The van der Waals surface area contributed by atoms with E-state index in [1.807, 2.05) is 24.1 Å². The van der Waals surface area contributed by atoms with Gasteiger partial charge in [0.25, 0.3) is 0 Å². The van der Waals surface area contributed by atoms with Gasteiger partial charge in [-0.05, 0) is 43.5 Å². The first-order valence-electron chi connectivity index (χ1n) is 11.2. The maximum Gasteiger partial charge on any atom is 0.232 e. The number of aromatic hydroxyl groups is 1. The van der Waals surface area contributed by atoms with Crippen molar-refractivity contribution in [1.29, 1.82) is 0 Å². The molecule has 3 aromatic rings. The minimum absolute atomic E-state index is 0.0653. The number of rotatable bonds is 5. The molecule has 0 spiro atoms. The molecule has 2 aliphatic heterocycles. The van der Waals surface area contributed by atoms with Crippen LogP contribution in [0.1, 0.15) is 25.7 Å². The van der Waals surface area contributed by atoms with Crippen molar-refractivity contribution in [2.24, 2.45) is 0 Å². The zero-order valence-corrected chi connectivity index (χ0v) is 18.6. The van der Waals surface area contributed by atoms with Crippen LogP contribution in [0.25, 0.3) is 22.5 Å². The van der Waals surface area contributed by atoms with Gasteiger partial charge in [0.1, 0.15) is 11.9 Å². The number of alkyl halides is 1. The van der Waals surface area contributed by atoms with Gasteiger partial charge in [0.15, 0.2) is 5.82 Å². The van der Waals surface area contributed by atoms with Gasteiger partial charge in [0, 0.05) is 30.3 Å². The van der Waals surface area contributed by atoms with Gasteiger partial charge in [-0.25, -0.2) is 14.4 Å². The van der Waals surface area contributed by atoms with Crippen LogP contribution in [0.15, 0.2) is 42.7 Å². The van der Waals surface area contributed by atoms with Crippen molar-refractivity contribution in [1.82, 2.24) is 25.5 Å². The van der Waals surface area contributed by atoms with Crippen LogP contribution in [-0.4, -0.2) is 63.7 Å². The number of phenols is 1. The van der Waals surface area contributed by atoms with Gasteiger partial charge in [0.05, 0.1) is 36.9 Å². The molecule has 0 saturated carbocycles. The average Bonchev–Trinajstić information content (AvgIpc) is 2.86. The second-order valence-corrected chi connectivity index (χ2v) is 8.71. The first-order valence-corrected chi connectivity index (χ1v) is 11.2. The Hall–Kier alpha value is -3.33. The van der Waals surface area contributed by atoms with Gasteiger partial charge >= 0.3 is 0 Å². The third-order valence-electron chi connectivity index (χ3n) is 6.71. The Kier molecular flexibility index (Phi) is 5.80. The summed E-state index contributed by atoms with van der Waals surface area (Å²) in [5, 5.41) is 22.7. The number of hydrogen-bond donors (Lipinski definition) is 2. The van der Waals surface area contributed by atoms with E-state index >= 15 is 4.39 Å². The van der Waals surface area contributed by atoms with Crippen LogP contribution >= 0.6 is 0 Å². The molecule has 0 amide bonds. The summed E-state index contributed by atoms with van der Waals surface area (Å²) in [6.45, 7) is 0. The predicted octanol–water partition coefficient (Wildman–Crippen LogP) is 3.37. The minimum Gasteiger partial charge on any atom is -0.507 e. The number of phenolic OH excluding ortho intramolecular Hbond substituents is 1. The molecule has 0 aliphatic carbocycles. The fourth-order valence-electron chi connectivity index (χ4n) is 4.86. The highest BCUT2D eigenvalue weighted by Gasteiger charge is 2.41. The molecular formula is C24H27FN6O2. The minimum atomic E-state index is -0.939. The summed E-state index contributed by atoms with van der Waals surface area (Å²) in [4.78, 5) is 10.3. The second-order valence-electron chi connectivity index (χ2n) is 8.71. The maximum absolute atomic E-state index is 15.1. The Bertz CT molecular complexity index is 1110. The molecule has 2 bridgehead atoms. The number of benzene rings is 1. The van der Waals surface area contributed by atoms with Crippen molar-refractivity contribution in [3.63, 3.8) is 0 Å². The van der Waals surface area contributed by atoms with E-state index in [2.05, 4.69) is 25.5 Å². The number of hydrogen-bond acceptors (Lipinski definition) is 8. The van der Waals surface area contributed by atoms with Crippen molar-refractivity contribution in [2.45, 2.75) is 50.0 Å². The average molecular weight is 451 g/mol. The lowest BCUT2D eigenvalue weighted by atomic mass is 9.82. The summed E-state index contributed by atoms with van der Waals surface area (Å²) in [5.41, 5.74) is 2.44. The van der Waals surface area contributed by atoms with Crippen LogP contribution in [0.2, 0.25) is 0 Å². The fourth-order valence-corrected chi connectivity index (χ4v) is 4.86. The zero-order valence-electron chi connectivity index (χ0n) is 18.6. The monoisotopic (exact) mass is 450 g/mol. The lowest BCUT2D eigenvalue weighted by Gasteiger charge is -2.46. The first-order chi connectivity index (χ1) is 16.0. The van der Waals surface area contributed by atoms with Gasteiger partial charge in [-0.1, -0.05) is 12.5 Å². The van der Waals surface area contributed by atoms with Gasteiger partial charge in [-0.15, -0.1) is 10.2 Å². The molecule has 9 heteroatoms. The van der Waals surface area contributed by atoms with Gasteiger partial charge in [-0.2, -0.15) is 0 Å². The molecule has 5 rings (SSSR count). The topological polar surface area (TPSA) is 96.3 Å². The first kappa shape index (κ1) is 21.5. The SMILES string of the molecule is COc1cnc(-c2ccc(-c3ccc(N(C)[C@@H]4CC5CCCC(N5)[C@@H]4F)nn3)c(O)c2)cn1. The van der Waals surface area contributed by atoms with E-state index in [4.69, 9.17) is 4.74 Å². The molecule has 2 fully saturated rings. The second kappa shape index (κ2) is 8.90. The Balaban J connectivity index is 1.33. The highest BCUT2D eigenvalue weighted by molar-refractivity contribution is 5.73. The lowest BCUT2D eigenvalue weighted by molar-refractivity contribution is 0.107. The molecular weight excluding hydrogens is 423 g/mol. The quantitative estimate of drug-likeness (QED) is 0.611. The Labute approximate surface area is 191 Å². The Morgan fingerprint density at radius 2 is 1.97 bits per heavy atom. The predicted molar refractivity (Wildman–Crippen MR) is 123 cm³/mol. The van der Waals surface area contributed by atoms with Crippen LogP contribution < -0.4 is 15.0 Å².